The van der Waals surface area contributed by atoms with Crippen molar-refractivity contribution in [2.24, 2.45) is 11.7 Å². The van der Waals surface area contributed by atoms with Gasteiger partial charge in [0.05, 0.1) is 19.5 Å². The van der Waals surface area contributed by atoms with Crippen LogP contribution in [0.15, 0.2) is 12.4 Å². The third-order valence-electron chi connectivity index (χ3n) is 2.11. The molecule has 1 aromatic rings. The number of hydrogen-bond donors (Lipinski definition) is 2. The van der Waals surface area contributed by atoms with E-state index < -0.39 is 0 Å². The van der Waals surface area contributed by atoms with E-state index >= 15 is 0 Å². The Kier molecular flexibility index (Phi) is 4.83. The molecule has 15 heavy (non-hydrogen) atoms. The Hall–Kier alpha value is -1.36. The second kappa shape index (κ2) is 6.19. The number of nitrogens with one attached hydrogen (secondary N) is 1. The SMILES string of the molecule is COc1cncc(NCC(C)CCN)n1. The molecule has 1 heterocycles. The van der Waals surface area contributed by atoms with Gasteiger partial charge in [-0.3, -0.25) is 4.98 Å². The van der Waals surface area contributed by atoms with E-state index in [0.29, 0.717) is 18.3 Å². The fraction of sp³-hybridized carbons (Fsp3) is 0.600. The molecule has 84 valence electrons. The molecule has 1 rings (SSSR count). The number of nitrogens with zero attached hydrogens (tertiary/aromatic N) is 2. The van der Waals surface area contributed by atoms with Gasteiger partial charge in [-0.1, -0.05) is 6.92 Å². The van der Waals surface area contributed by atoms with Crippen LogP contribution >= 0.6 is 0 Å². The summed E-state index contributed by atoms with van der Waals surface area (Å²) in [4.78, 5) is 8.20. The topological polar surface area (TPSA) is 73.1 Å². The summed E-state index contributed by atoms with van der Waals surface area (Å²) in [5.41, 5.74) is 5.47. The van der Waals surface area contributed by atoms with Gasteiger partial charge < -0.3 is 15.8 Å². The molecular formula is C10H18N4O. The lowest BCUT2D eigenvalue weighted by Gasteiger charge is -2.11. The molecule has 5 heteroatoms. The van der Waals surface area contributed by atoms with Crippen LogP contribution < -0.4 is 15.8 Å². The number of nitrogens with two attached hydrogens (primary N) is 1. The number of rotatable bonds is 6. The first-order valence-corrected chi connectivity index (χ1v) is 5.06. The zero-order valence-corrected chi connectivity index (χ0v) is 9.23. The van der Waals surface area contributed by atoms with E-state index in [-0.39, 0.29) is 0 Å². The molecule has 0 amide bonds. The van der Waals surface area contributed by atoms with Crippen LogP contribution in [0.5, 0.6) is 5.88 Å². The summed E-state index contributed by atoms with van der Waals surface area (Å²) >= 11 is 0. The van der Waals surface area contributed by atoms with Gasteiger partial charge in [-0.05, 0) is 18.9 Å². The van der Waals surface area contributed by atoms with Crippen LogP contribution in [0.4, 0.5) is 5.82 Å². The van der Waals surface area contributed by atoms with E-state index in [1.807, 2.05) is 0 Å². The van der Waals surface area contributed by atoms with Crippen LogP contribution in [0.25, 0.3) is 0 Å². The van der Waals surface area contributed by atoms with E-state index in [4.69, 9.17) is 10.5 Å². The molecule has 0 aromatic carbocycles. The maximum Gasteiger partial charge on any atom is 0.233 e. The van der Waals surface area contributed by atoms with Gasteiger partial charge in [0.15, 0.2) is 0 Å². The molecule has 0 aliphatic heterocycles. The molecule has 1 unspecified atom stereocenters. The highest BCUT2D eigenvalue weighted by molar-refractivity contribution is 5.33. The fourth-order valence-electron chi connectivity index (χ4n) is 1.20. The standard InChI is InChI=1S/C10H18N4O/c1-8(3-4-11)5-13-9-6-12-7-10(14-9)15-2/h6-8H,3-5,11H2,1-2H3,(H,13,14). The normalized spacial score (nSPS) is 12.2. The van der Waals surface area contributed by atoms with Crippen molar-refractivity contribution < 1.29 is 4.74 Å². The van der Waals surface area contributed by atoms with Gasteiger partial charge in [-0.15, -0.1) is 0 Å². The van der Waals surface area contributed by atoms with Crippen molar-refractivity contribution in [2.75, 3.05) is 25.5 Å². The minimum atomic E-state index is 0.520. The average Bonchev–Trinajstić information content (AvgIpc) is 2.27. The van der Waals surface area contributed by atoms with Crippen LogP contribution in [0.3, 0.4) is 0 Å². The molecule has 3 N–H and O–H groups in total. The number of ether oxygens (including phenoxy) is 1. The smallest absolute Gasteiger partial charge is 0.233 e. The van der Waals surface area contributed by atoms with Crippen molar-refractivity contribution in [1.29, 1.82) is 0 Å². The number of hydrogen-bond acceptors (Lipinski definition) is 5. The number of anilines is 1. The third kappa shape index (κ3) is 4.12. The van der Waals surface area contributed by atoms with Gasteiger partial charge in [0.2, 0.25) is 5.88 Å². The van der Waals surface area contributed by atoms with Gasteiger partial charge in [-0.2, -0.15) is 4.98 Å². The first-order chi connectivity index (χ1) is 7.26. The molecule has 0 aliphatic rings. The molecule has 0 fully saturated rings. The second-order valence-corrected chi connectivity index (χ2v) is 3.51. The van der Waals surface area contributed by atoms with Gasteiger partial charge in [-0.25, -0.2) is 0 Å². The Morgan fingerprint density at radius 1 is 1.53 bits per heavy atom. The first kappa shape index (κ1) is 11.7. The molecule has 0 saturated heterocycles. The summed E-state index contributed by atoms with van der Waals surface area (Å²) in [5.74, 6) is 1.78. The van der Waals surface area contributed by atoms with Crippen LogP contribution in [0, 0.1) is 5.92 Å². The Morgan fingerprint density at radius 2 is 2.33 bits per heavy atom. The van der Waals surface area contributed by atoms with E-state index in [9.17, 15) is 0 Å². The lowest BCUT2D eigenvalue weighted by atomic mass is 10.1. The number of methoxy groups -OCH3 is 1. The van der Waals surface area contributed by atoms with Crippen LogP contribution in [-0.2, 0) is 0 Å². The Balaban J connectivity index is 2.43. The summed E-state index contributed by atoms with van der Waals surface area (Å²) in [6, 6.07) is 0. The summed E-state index contributed by atoms with van der Waals surface area (Å²) < 4.78 is 4.98. The van der Waals surface area contributed by atoms with Crippen LogP contribution in [0.2, 0.25) is 0 Å². The van der Waals surface area contributed by atoms with Gasteiger partial charge in [0.1, 0.15) is 5.82 Å². The predicted octanol–water partition coefficient (Wildman–Crippen LogP) is 0.882. The van der Waals surface area contributed by atoms with Crippen molar-refractivity contribution >= 4 is 5.82 Å². The van der Waals surface area contributed by atoms with Crippen molar-refractivity contribution in [1.82, 2.24) is 9.97 Å². The molecule has 1 atom stereocenters. The van der Waals surface area contributed by atoms with Crippen molar-refractivity contribution in [3.05, 3.63) is 12.4 Å². The molecule has 0 saturated carbocycles. The zero-order valence-electron chi connectivity index (χ0n) is 9.23. The Labute approximate surface area is 90.1 Å². The molecule has 5 nitrogen and oxygen atoms in total. The summed E-state index contributed by atoms with van der Waals surface area (Å²) in [7, 11) is 1.57. The van der Waals surface area contributed by atoms with Gasteiger partial charge in [0, 0.05) is 6.54 Å². The summed E-state index contributed by atoms with van der Waals surface area (Å²) in [6.45, 7) is 3.71. The molecule has 0 bridgehead atoms. The van der Waals surface area contributed by atoms with Crippen LogP contribution in [-0.4, -0.2) is 30.2 Å². The first-order valence-electron chi connectivity index (χ1n) is 5.06. The second-order valence-electron chi connectivity index (χ2n) is 3.51. The fourth-order valence-corrected chi connectivity index (χ4v) is 1.20. The largest absolute Gasteiger partial charge is 0.480 e. The van der Waals surface area contributed by atoms with Gasteiger partial charge >= 0.3 is 0 Å². The zero-order chi connectivity index (χ0) is 11.1. The van der Waals surface area contributed by atoms with E-state index in [1.165, 1.54) is 0 Å². The minimum absolute atomic E-state index is 0.520. The molecule has 0 aliphatic carbocycles. The van der Waals surface area contributed by atoms with Crippen molar-refractivity contribution in [3.63, 3.8) is 0 Å². The predicted molar refractivity (Wildman–Crippen MR) is 59.9 cm³/mol. The number of aromatic nitrogens is 2. The highest BCUT2D eigenvalue weighted by atomic mass is 16.5. The van der Waals surface area contributed by atoms with Crippen molar-refractivity contribution in [3.8, 4) is 5.88 Å². The maximum absolute atomic E-state index is 5.47. The summed E-state index contributed by atoms with van der Waals surface area (Å²) in [5, 5.41) is 3.19. The van der Waals surface area contributed by atoms with Crippen molar-refractivity contribution in [2.45, 2.75) is 13.3 Å². The van der Waals surface area contributed by atoms with Gasteiger partial charge in [0.25, 0.3) is 0 Å². The Bertz CT molecular complexity index is 293. The molecule has 0 radical (unpaired) electrons. The highest BCUT2D eigenvalue weighted by Gasteiger charge is 2.02. The average molecular weight is 210 g/mol. The maximum atomic E-state index is 5.47. The van der Waals surface area contributed by atoms with E-state index in [2.05, 4.69) is 22.2 Å². The monoisotopic (exact) mass is 210 g/mol. The lowest BCUT2D eigenvalue weighted by molar-refractivity contribution is 0.396. The van der Waals surface area contributed by atoms with E-state index in [1.54, 1.807) is 19.5 Å². The lowest BCUT2D eigenvalue weighted by Crippen LogP contribution is -2.15. The third-order valence-corrected chi connectivity index (χ3v) is 2.11. The quantitative estimate of drug-likeness (QED) is 0.729. The van der Waals surface area contributed by atoms with E-state index in [0.717, 1.165) is 18.8 Å². The minimum Gasteiger partial charge on any atom is -0.480 e. The highest BCUT2D eigenvalue weighted by Crippen LogP contribution is 2.09. The molecule has 1 aromatic heterocycles. The van der Waals surface area contributed by atoms with Crippen LogP contribution in [0.1, 0.15) is 13.3 Å². The molecule has 0 spiro atoms. The molecular weight excluding hydrogens is 192 g/mol. The summed E-state index contributed by atoms with van der Waals surface area (Å²) in [6.07, 6.45) is 4.26. The Morgan fingerprint density at radius 3 is 3.00 bits per heavy atom.